The third-order valence-electron chi connectivity index (χ3n) is 2.04. The molecular formula is C10H10Cl3NO2S. The maximum absolute atomic E-state index is 10.9. The first-order chi connectivity index (χ1) is 7.95. The fourth-order valence-electron chi connectivity index (χ4n) is 1.18. The van der Waals surface area contributed by atoms with Gasteiger partial charge in [-0.2, -0.15) is 0 Å². The molecular weight excluding hydrogens is 305 g/mol. The van der Waals surface area contributed by atoms with Gasteiger partial charge in [0.1, 0.15) is 0 Å². The Morgan fingerprint density at radius 3 is 2.53 bits per heavy atom. The average Bonchev–Trinajstić information content (AvgIpc) is 2.23. The van der Waals surface area contributed by atoms with Gasteiger partial charge < -0.3 is 0 Å². The number of hydrogen-bond donors (Lipinski definition) is 0. The Morgan fingerprint density at radius 2 is 2.00 bits per heavy atom. The highest BCUT2D eigenvalue weighted by molar-refractivity contribution is 8.00. The predicted octanol–water partition coefficient (Wildman–Crippen LogP) is 5.01. The first-order valence-corrected chi connectivity index (χ1v) is 6.98. The van der Waals surface area contributed by atoms with E-state index in [2.05, 4.69) is 0 Å². The zero-order valence-corrected chi connectivity index (χ0v) is 12.0. The molecule has 1 unspecified atom stereocenters. The number of benzene rings is 1. The zero-order valence-electron chi connectivity index (χ0n) is 8.95. The van der Waals surface area contributed by atoms with Crippen LogP contribution in [0, 0.1) is 10.1 Å². The highest BCUT2D eigenvalue weighted by atomic mass is 35.5. The van der Waals surface area contributed by atoms with Crippen molar-refractivity contribution in [2.75, 3.05) is 5.88 Å². The average molecular weight is 315 g/mol. The van der Waals surface area contributed by atoms with Crippen LogP contribution in [0.5, 0.6) is 0 Å². The van der Waals surface area contributed by atoms with Crippen LogP contribution in [0.3, 0.4) is 0 Å². The Labute approximate surface area is 119 Å². The minimum atomic E-state index is -0.460. The maximum Gasteiger partial charge on any atom is 0.284 e. The summed E-state index contributed by atoms with van der Waals surface area (Å²) in [4.78, 5) is 10.9. The lowest BCUT2D eigenvalue weighted by Crippen LogP contribution is -1.99. The van der Waals surface area contributed by atoms with Crippen molar-refractivity contribution >= 4 is 52.3 Å². The van der Waals surface area contributed by atoms with E-state index in [1.54, 1.807) is 0 Å². The van der Waals surface area contributed by atoms with Gasteiger partial charge in [-0.15, -0.1) is 23.4 Å². The number of nitro benzene ring substituents is 1. The quantitative estimate of drug-likeness (QED) is 0.332. The number of rotatable bonds is 5. The van der Waals surface area contributed by atoms with Crippen molar-refractivity contribution in [1.82, 2.24) is 0 Å². The molecule has 7 heteroatoms. The minimum absolute atomic E-state index is 0.0224. The molecule has 0 aromatic heterocycles. The van der Waals surface area contributed by atoms with Gasteiger partial charge in [0, 0.05) is 17.2 Å². The van der Waals surface area contributed by atoms with Crippen LogP contribution in [0.4, 0.5) is 5.69 Å². The van der Waals surface area contributed by atoms with E-state index in [4.69, 9.17) is 34.8 Å². The molecule has 1 rings (SSSR count). The predicted molar refractivity (Wildman–Crippen MR) is 73.8 cm³/mol. The summed E-state index contributed by atoms with van der Waals surface area (Å²) >= 11 is 18.6. The van der Waals surface area contributed by atoms with Gasteiger partial charge in [0.2, 0.25) is 0 Å². The van der Waals surface area contributed by atoms with Crippen LogP contribution in [-0.2, 0) is 0 Å². The molecule has 0 amide bonds. The second-order valence-corrected chi connectivity index (χ2v) is 6.07. The Morgan fingerprint density at radius 1 is 1.41 bits per heavy atom. The van der Waals surface area contributed by atoms with Crippen molar-refractivity contribution in [2.24, 2.45) is 0 Å². The lowest BCUT2D eigenvalue weighted by Gasteiger charge is -2.10. The molecule has 0 aliphatic rings. The normalized spacial score (nSPS) is 12.5. The number of alkyl halides is 1. The molecule has 0 fully saturated rings. The number of nitrogens with zero attached hydrogens (tertiary/aromatic N) is 1. The Bertz CT molecular complexity index is 428. The molecule has 1 aromatic carbocycles. The van der Waals surface area contributed by atoms with Gasteiger partial charge >= 0.3 is 0 Å². The molecule has 0 aliphatic heterocycles. The van der Waals surface area contributed by atoms with Gasteiger partial charge in [-0.1, -0.05) is 30.1 Å². The second kappa shape index (κ2) is 6.69. The molecule has 0 bridgehead atoms. The molecule has 17 heavy (non-hydrogen) atoms. The SMILES string of the molecule is CC(CCCl)Sc1cc(Cl)c(Cl)cc1[N+](=O)[O-]. The van der Waals surface area contributed by atoms with Gasteiger partial charge in [0.05, 0.1) is 19.9 Å². The fraction of sp³-hybridized carbons (Fsp3) is 0.400. The number of hydrogen-bond acceptors (Lipinski definition) is 3. The van der Waals surface area contributed by atoms with Crippen LogP contribution < -0.4 is 0 Å². The third kappa shape index (κ3) is 4.21. The fourth-order valence-corrected chi connectivity index (χ4v) is 3.14. The number of thioether (sulfide) groups is 1. The van der Waals surface area contributed by atoms with Crippen molar-refractivity contribution in [3.05, 3.63) is 32.3 Å². The van der Waals surface area contributed by atoms with E-state index in [9.17, 15) is 10.1 Å². The van der Waals surface area contributed by atoms with Crippen LogP contribution in [0.25, 0.3) is 0 Å². The largest absolute Gasteiger partial charge is 0.284 e. The van der Waals surface area contributed by atoms with Crippen molar-refractivity contribution in [3.8, 4) is 0 Å². The van der Waals surface area contributed by atoms with Crippen LogP contribution >= 0.6 is 46.6 Å². The Balaban J connectivity index is 3.04. The monoisotopic (exact) mass is 313 g/mol. The molecule has 0 radical (unpaired) electrons. The second-order valence-electron chi connectivity index (χ2n) is 3.40. The van der Waals surface area contributed by atoms with Crippen LogP contribution in [0.1, 0.15) is 13.3 Å². The van der Waals surface area contributed by atoms with E-state index in [0.29, 0.717) is 15.8 Å². The van der Waals surface area contributed by atoms with E-state index >= 15 is 0 Å². The summed E-state index contributed by atoms with van der Waals surface area (Å²) in [5.74, 6) is 0.517. The molecule has 0 spiro atoms. The summed E-state index contributed by atoms with van der Waals surface area (Å²) < 4.78 is 0. The highest BCUT2D eigenvalue weighted by Gasteiger charge is 2.19. The summed E-state index contributed by atoms with van der Waals surface area (Å²) in [6.45, 7) is 1.96. The molecule has 1 aromatic rings. The van der Waals surface area contributed by atoms with Gasteiger partial charge in [-0.05, 0) is 12.5 Å². The van der Waals surface area contributed by atoms with Gasteiger partial charge in [0.25, 0.3) is 5.69 Å². The van der Waals surface area contributed by atoms with E-state index in [0.717, 1.165) is 6.42 Å². The van der Waals surface area contributed by atoms with Crippen molar-refractivity contribution < 1.29 is 4.92 Å². The van der Waals surface area contributed by atoms with Gasteiger partial charge in [0.15, 0.2) is 0 Å². The lowest BCUT2D eigenvalue weighted by atomic mass is 10.3. The van der Waals surface area contributed by atoms with Crippen LogP contribution in [-0.4, -0.2) is 16.1 Å². The van der Waals surface area contributed by atoms with Gasteiger partial charge in [-0.3, -0.25) is 10.1 Å². The van der Waals surface area contributed by atoms with Crippen molar-refractivity contribution in [3.63, 3.8) is 0 Å². The summed E-state index contributed by atoms with van der Waals surface area (Å²) in [6.07, 6.45) is 0.767. The first kappa shape index (κ1) is 14.9. The summed E-state index contributed by atoms with van der Waals surface area (Å²) in [6, 6.07) is 2.80. The Hall–Kier alpha value is -0.160. The smallest absolute Gasteiger partial charge is 0.258 e. The van der Waals surface area contributed by atoms with E-state index in [-0.39, 0.29) is 16.0 Å². The molecule has 1 atom stereocenters. The molecule has 0 aliphatic carbocycles. The molecule has 0 saturated carbocycles. The molecule has 0 saturated heterocycles. The van der Waals surface area contributed by atoms with Crippen molar-refractivity contribution in [2.45, 2.75) is 23.5 Å². The van der Waals surface area contributed by atoms with Crippen LogP contribution in [0.15, 0.2) is 17.0 Å². The third-order valence-corrected chi connectivity index (χ3v) is 4.20. The first-order valence-electron chi connectivity index (χ1n) is 4.81. The Kier molecular flexibility index (Phi) is 5.86. The van der Waals surface area contributed by atoms with E-state index in [1.807, 2.05) is 6.92 Å². The summed E-state index contributed by atoms with van der Waals surface area (Å²) in [5, 5.41) is 11.6. The zero-order chi connectivity index (χ0) is 13.0. The van der Waals surface area contributed by atoms with Gasteiger partial charge in [-0.25, -0.2) is 0 Å². The highest BCUT2D eigenvalue weighted by Crippen LogP contribution is 2.38. The molecule has 94 valence electrons. The van der Waals surface area contributed by atoms with Crippen molar-refractivity contribution in [1.29, 1.82) is 0 Å². The summed E-state index contributed by atoms with van der Waals surface area (Å²) in [5.41, 5.74) is -0.0224. The molecule has 3 nitrogen and oxygen atoms in total. The summed E-state index contributed by atoms with van der Waals surface area (Å²) in [7, 11) is 0. The minimum Gasteiger partial charge on any atom is -0.258 e. The maximum atomic E-state index is 10.9. The lowest BCUT2D eigenvalue weighted by molar-refractivity contribution is -0.387. The topological polar surface area (TPSA) is 43.1 Å². The van der Waals surface area contributed by atoms with Crippen LogP contribution in [0.2, 0.25) is 10.0 Å². The standard InChI is InChI=1S/C10H10Cl3NO2S/c1-6(2-3-11)17-10-5-8(13)7(12)4-9(10)14(15)16/h4-6H,2-3H2,1H3. The van der Waals surface area contributed by atoms with E-state index in [1.165, 1.54) is 23.9 Å². The van der Waals surface area contributed by atoms with E-state index < -0.39 is 4.92 Å². The number of nitro groups is 1. The number of halogens is 3. The molecule has 0 heterocycles. The molecule has 0 N–H and O–H groups in total.